The molecule has 0 aliphatic rings. The van der Waals surface area contributed by atoms with E-state index < -0.39 is 0 Å². The quantitative estimate of drug-likeness (QED) is 0.114. The summed E-state index contributed by atoms with van der Waals surface area (Å²) in [4.78, 5) is 44.0. The van der Waals surface area contributed by atoms with Crippen LogP contribution in [0.5, 0.6) is 0 Å². The van der Waals surface area contributed by atoms with E-state index in [1.54, 1.807) is 0 Å². The third-order valence-electron chi connectivity index (χ3n) is 24.8. The molecule has 0 N–H and O–H groups in total. The monoisotopic (exact) mass is 1690 g/mol. The van der Waals surface area contributed by atoms with Gasteiger partial charge in [-0.1, -0.05) is 291 Å². The van der Waals surface area contributed by atoms with E-state index in [9.17, 15) is 0 Å². The molecule has 0 spiro atoms. The van der Waals surface area contributed by atoms with Gasteiger partial charge in [-0.05, 0) is 146 Å². The van der Waals surface area contributed by atoms with Crippen LogP contribution in [0.4, 0.5) is 0 Å². The normalized spacial score (nSPS) is 11.6. The molecule has 618 valence electrons. The van der Waals surface area contributed by atoms with Crippen LogP contribution in [0.3, 0.4) is 0 Å². The van der Waals surface area contributed by atoms with E-state index >= 15 is 0 Å². The average Bonchev–Trinajstić information content (AvgIpc) is 1.58. The van der Waals surface area contributed by atoms with Crippen molar-refractivity contribution < 1.29 is 13.3 Å². The van der Waals surface area contributed by atoms with Gasteiger partial charge in [0.2, 0.25) is 0 Å². The lowest BCUT2D eigenvalue weighted by Gasteiger charge is -2.11. The van der Waals surface area contributed by atoms with Crippen LogP contribution in [0.25, 0.3) is 251 Å². The van der Waals surface area contributed by atoms with Crippen molar-refractivity contribution in [3.63, 3.8) is 0 Å². The molecule has 0 amide bonds. The summed E-state index contributed by atoms with van der Waals surface area (Å²) in [6, 6.07) is 149. The number of furan rings is 3. The molecule has 0 fully saturated rings. The van der Waals surface area contributed by atoms with E-state index in [1.807, 2.05) is 218 Å². The second-order valence-corrected chi connectivity index (χ2v) is 32.6. The molecule has 0 atom stereocenters. The van der Waals surface area contributed by atoms with Crippen molar-refractivity contribution in [1.82, 2.24) is 58.6 Å². The number of hydrogen-bond acceptors (Lipinski definition) is 12. The SMILES string of the molecule is c1ccc(-c2nc(-c3ccccc3)nc(-c3ccc(-n4c5ccccc5c5c6c(ccc54)oc4ccccc46)cc3)n2)cc1.c1ccc(-c2nc(-c3ccccc3)nc(-c3ccc(-n4c5ccccc5c5c6oc7ccccc7c6ccc54)cc3)n2)cc1.c1ccc(-c2nc(-c3ccccc3)nc(-c3ccc(-n4c5ccccc5c5ccc6oc7ccccc7c6c54)cc3)n2)cc1. The molecule has 0 aliphatic heterocycles. The predicted molar refractivity (Wildman–Crippen MR) is 533 cm³/mol. The number of rotatable bonds is 12. The Morgan fingerprint density at radius 3 is 0.803 bits per heavy atom. The van der Waals surface area contributed by atoms with Crippen molar-refractivity contribution in [2.75, 3.05) is 0 Å². The second kappa shape index (κ2) is 32.0. The third-order valence-corrected chi connectivity index (χ3v) is 24.8. The largest absolute Gasteiger partial charge is 0.456 e. The van der Waals surface area contributed by atoms with Gasteiger partial charge in [-0.15, -0.1) is 0 Å². The Bertz CT molecular complexity index is 8930. The van der Waals surface area contributed by atoms with Crippen molar-refractivity contribution in [2.45, 2.75) is 0 Å². The summed E-state index contributed by atoms with van der Waals surface area (Å²) in [6.45, 7) is 0. The van der Waals surface area contributed by atoms with E-state index in [-0.39, 0.29) is 0 Å². The maximum Gasteiger partial charge on any atom is 0.164 e. The Balaban J connectivity index is 0.000000106. The van der Waals surface area contributed by atoms with Crippen molar-refractivity contribution in [1.29, 1.82) is 0 Å². The van der Waals surface area contributed by atoms with Crippen molar-refractivity contribution in [3.8, 4) is 120 Å². The Morgan fingerprint density at radius 2 is 0.409 bits per heavy atom. The molecule has 0 aliphatic carbocycles. The van der Waals surface area contributed by atoms with Crippen molar-refractivity contribution >= 4 is 131 Å². The summed E-state index contributed by atoms with van der Waals surface area (Å²) in [5.41, 5.74) is 23.8. The smallest absolute Gasteiger partial charge is 0.164 e. The summed E-state index contributed by atoms with van der Waals surface area (Å²) < 4.78 is 26.0. The zero-order valence-electron chi connectivity index (χ0n) is 70.7. The number of nitrogens with zero attached hydrogens (tertiary/aromatic N) is 12. The number of hydrogen-bond donors (Lipinski definition) is 0. The van der Waals surface area contributed by atoms with Crippen LogP contribution in [0, 0.1) is 0 Å². The highest BCUT2D eigenvalue weighted by molar-refractivity contribution is 6.28. The lowest BCUT2D eigenvalue weighted by atomic mass is 10.1. The molecule has 0 radical (unpaired) electrons. The van der Waals surface area contributed by atoms with Crippen LogP contribution < -0.4 is 0 Å². The zero-order chi connectivity index (χ0) is 87.1. The van der Waals surface area contributed by atoms with Gasteiger partial charge in [-0.25, -0.2) is 44.9 Å². The number of para-hydroxylation sites is 6. The Hall–Kier alpha value is -18.2. The fourth-order valence-electron chi connectivity index (χ4n) is 18.7. The van der Waals surface area contributed by atoms with E-state index in [4.69, 9.17) is 58.1 Å². The minimum Gasteiger partial charge on any atom is -0.456 e. The van der Waals surface area contributed by atoms with Gasteiger partial charge in [0.25, 0.3) is 0 Å². The van der Waals surface area contributed by atoms with Gasteiger partial charge in [0.15, 0.2) is 52.4 Å². The molecule has 15 heteroatoms. The lowest BCUT2D eigenvalue weighted by molar-refractivity contribution is 0.669. The summed E-state index contributed by atoms with van der Waals surface area (Å²) in [5.74, 6) is 5.80. The molecule has 15 nitrogen and oxygen atoms in total. The van der Waals surface area contributed by atoms with Gasteiger partial charge >= 0.3 is 0 Å². The third kappa shape index (κ3) is 13.3. The molecule has 18 aromatic carbocycles. The van der Waals surface area contributed by atoms with E-state index in [0.29, 0.717) is 52.4 Å². The Kier molecular flexibility index (Phi) is 18.5. The standard InChI is InChI=1S/3C39H24N4O/c1-3-11-25(12-4-1)37-40-38(26-13-5-2-6-14-26)42-39(41-37)27-19-21-28(22-20-27)43-32-17-9-7-16-31(32)35-33(43)24-23-30-29-15-8-10-18-34(29)44-36(30)35;1-3-11-25(12-4-1)37-40-38(26-13-5-2-6-14-26)42-39(41-37)27-19-21-28(22-20-27)43-32-17-9-7-15-29(32)30-23-24-34-35(36(30)43)31-16-8-10-18-33(31)44-34;1-3-11-25(12-4-1)37-40-38(26-13-5-2-6-14-26)42-39(41-37)27-19-21-28(22-20-27)43-31-17-9-7-15-29(31)35-32(43)23-24-34-36(35)30-16-8-10-18-33(30)44-34/h3*1-24H. The minimum atomic E-state index is 0.634. The Morgan fingerprint density at radius 1 is 0.144 bits per heavy atom. The zero-order valence-corrected chi connectivity index (χ0v) is 70.7. The number of benzene rings is 18. The lowest BCUT2D eigenvalue weighted by Crippen LogP contribution is -2.00. The topological polar surface area (TPSA) is 170 Å². The summed E-state index contributed by atoms with van der Waals surface area (Å²) in [6.07, 6.45) is 0. The van der Waals surface area contributed by atoms with Gasteiger partial charge in [-0.2, -0.15) is 0 Å². The van der Waals surface area contributed by atoms with Crippen molar-refractivity contribution in [2.24, 2.45) is 0 Å². The Labute approximate surface area is 754 Å². The average molecular weight is 1690 g/mol. The van der Waals surface area contributed by atoms with Gasteiger partial charge in [0, 0.05) is 121 Å². The molecule has 0 unspecified atom stereocenters. The van der Waals surface area contributed by atoms with Crippen LogP contribution in [0.15, 0.2) is 450 Å². The first-order chi connectivity index (χ1) is 65.4. The number of aromatic nitrogens is 12. The molecular weight excluding hydrogens is 1620 g/mol. The number of fused-ring (bicyclic) bond motifs is 21. The molecule has 27 aromatic rings. The fourth-order valence-corrected chi connectivity index (χ4v) is 18.7. The highest BCUT2D eigenvalue weighted by Crippen LogP contribution is 2.46. The van der Waals surface area contributed by atoms with E-state index in [0.717, 1.165) is 177 Å². The first-order valence-corrected chi connectivity index (χ1v) is 43.9. The van der Waals surface area contributed by atoms with Gasteiger partial charge in [0.05, 0.1) is 43.9 Å². The van der Waals surface area contributed by atoms with Crippen LogP contribution in [0.1, 0.15) is 0 Å². The minimum absolute atomic E-state index is 0.634. The molecule has 27 rings (SSSR count). The van der Waals surface area contributed by atoms with Crippen LogP contribution in [-0.4, -0.2) is 58.6 Å². The molecule has 132 heavy (non-hydrogen) atoms. The molecule has 0 bridgehead atoms. The van der Waals surface area contributed by atoms with Gasteiger partial charge in [-0.3, -0.25) is 0 Å². The van der Waals surface area contributed by atoms with Crippen molar-refractivity contribution in [3.05, 3.63) is 437 Å². The first kappa shape index (κ1) is 76.2. The second-order valence-electron chi connectivity index (χ2n) is 32.6. The van der Waals surface area contributed by atoms with E-state index in [2.05, 4.69) is 232 Å². The maximum absolute atomic E-state index is 6.46. The fraction of sp³-hybridized carbons (Fsp3) is 0. The summed E-state index contributed by atoms with van der Waals surface area (Å²) >= 11 is 0. The van der Waals surface area contributed by atoms with Crippen LogP contribution in [-0.2, 0) is 0 Å². The predicted octanol–water partition coefficient (Wildman–Crippen LogP) is 29.6. The summed E-state index contributed by atoms with van der Waals surface area (Å²) in [5, 5.41) is 13.9. The highest BCUT2D eigenvalue weighted by atomic mass is 16.3. The molecule has 0 saturated heterocycles. The highest BCUT2D eigenvalue weighted by Gasteiger charge is 2.25. The van der Waals surface area contributed by atoms with E-state index in [1.165, 1.54) is 21.5 Å². The molecule has 0 saturated carbocycles. The molecular formula is C117H72N12O3. The molecule has 9 aromatic heterocycles. The maximum atomic E-state index is 6.46. The van der Waals surface area contributed by atoms with Crippen LogP contribution >= 0.6 is 0 Å². The van der Waals surface area contributed by atoms with Gasteiger partial charge < -0.3 is 27.0 Å². The molecule has 9 heterocycles. The first-order valence-electron chi connectivity index (χ1n) is 43.9. The van der Waals surface area contributed by atoms with Crippen LogP contribution in [0.2, 0.25) is 0 Å². The van der Waals surface area contributed by atoms with Gasteiger partial charge in [0.1, 0.15) is 33.5 Å². The summed E-state index contributed by atoms with van der Waals surface area (Å²) in [7, 11) is 0.